The Labute approximate surface area is 74.7 Å². The predicted octanol–water partition coefficient (Wildman–Crippen LogP) is 1.02. The molecule has 2 unspecified atom stereocenters. The van der Waals surface area contributed by atoms with Crippen LogP contribution in [0.15, 0.2) is 0 Å². The van der Waals surface area contributed by atoms with Crippen molar-refractivity contribution in [2.75, 3.05) is 19.8 Å². The third-order valence-electron chi connectivity index (χ3n) is 2.29. The van der Waals surface area contributed by atoms with Crippen LogP contribution < -0.4 is 5.32 Å². The molecule has 1 fully saturated rings. The summed E-state index contributed by atoms with van der Waals surface area (Å²) in [7, 11) is 0. The van der Waals surface area contributed by atoms with E-state index in [0.29, 0.717) is 5.92 Å². The molecule has 12 heavy (non-hydrogen) atoms. The van der Waals surface area contributed by atoms with E-state index in [-0.39, 0.29) is 6.04 Å². The summed E-state index contributed by atoms with van der Waals surface area (Å²) in [6, 6.07) is 0.241. The molecule has 0 saturated carbocycles. The third kappa shape index (κ3) is 2.84. The van der Waals surface area contributed by atoms with E-state index >= 15 is 0 Å². The molecule has 68 valence electrons. The van der Waals surface area contributed by atoms with Gasteiger partial charge in [-0.25, -0.2) is 0 Å². The first-order valence-electron chi connectivity index (χ1n) is 4.64. The molecule has 0 aromatic heterocycles. The molecule has 0 spiro atoms. The Balaban J connectivity index is 2.11. The predicted molar refractivity (Wildman–Crippen MR) is 49.8 cm³/mol. The van der Waals surface area contributed by atoms with Gasteiger partial charge in [-0.1, -0.05) is 12.8 Å². The molecule has 1 N–H and O–H groups in total. The Morgan fingerprint density at radius 3 is 3.08 bits per heavy atom. The summed E-state index contributed by atoms with van der Waals surface area (Å²) in [5.41, 5.74) is 0. The molecule has 2 nitrogen and oxygen atoms in total. The van der Waals surface area contributed by atoms with Gasteiger partial charge in [-0.2, -0.15) is 0 Å². The van der Waals surface area contributed by atoms with Gasteiger partial charge in [0, 0.05) is 13.2 Å². The van der Waals surface area contributed by atoms with E-state index in [1.807, 2.05) is 0 Å². The first-order valence-corrected chi connectivity index (χ1v) is 4.64. The standard InChI is InChI=1S/C10H17NO/c1-3-10(4-2)11-7-9-5-6-12-8-9/h1,9-11H,4-8H2,2H3. The van der Waals surface area contributed by atoms with Crippen LogP contribution in [0.3, 0.4) is 0 Å². The number of ether oxygens (including phenoxy) is 1. The lowest BCUT2D eigenvalue weighted by Gasteiger charge is -2.13. The van der Waals surface area contributed by atoms with Gasteiger partial charge >= 0.3 is 0 Å². The quantitative estimate of drug-likeness (QED) is 0.631. The summed E-state index contributed by atoms with van der Waals surface area (Å²) < 4.78 is 5.26. The summed E-state index contributed by atoms with van der Waals surface area (Å²) in [6.45, 7) is 4.92. The largest absolute Gasteiger partial charge is 0.381 e. The molecule has 0 aromatic carbocycles. The second-order valence-electron chi connectivity index (χ2n) is 3.27. The molecule has 2 atom stereocenters. The van der Waals surface area contributed by atoms with E-state index in [4.69, 9.17) is 11.2 Å². The van der Waals surface area contributed by atoms with Crippen molar-refractivity contribution < 1.29 is 4.74 Å². The minimum Gasteiger partial charge on any atom is -0.381 e. The topological polar surface area (TPSA) is 21.3 Å². The van der Waals surface area contributed by atoms with E-state index in [1.165, 1.54) is 6.42 Å². The summed E-state index contributed by atoms with van der Waals surface area (Å²) in [5.74, 6) is 3.40. The molecule has 1 heterocycles. The number of terminal acetylenes is 1. The number of hydrogen-bond acceptors (Lipinski definition) is 2. The molecule has 0 aromatic rings. The van der Waals surface area contributed by atoms with Crippen LogP contribution in [-0.2, 0) is 4.74 Å². The Morgan fingerprint density at radius 1 is 1.75 bits per heavy atom. The van der Waals surface area contributed by atoms with Gasteiger partial charge in [0.15, 0.2) is 0 Å². The zero-order valence-electron chi connectivity index (χ0n) is 7.68. The normalized spacial score (nSPS) is 25.2. The molecule has 0 aliphatic carbocycles. The van der Waals surface area contributed by atoms with Gasteiger partial charge < -0.3 is 10.1 Å². The van der Waals surface area contributed by atoms with Gasteiger partial charge in [-0.3, -0.25) is 0 Å². The van der Waals surface area contributed by atoms with Crippen molar-refractivity contribution in [1.82, 2.24) is 5.32 Å². The summed E-state index contributed by atoms with van der Waals surface area (Å²) in [5, 5.41) is 3.34. The molecule has 1 rings (SSSR count). The second-order valence-corrected chi connectivity index (χ2v) is 3.27. The zero-order chi connectivity index (χ0) is 8.81. The van der Waals surface area contributed by atoms with Crippen LogP contribution in [0.25, 0.3) is 0 Å². The lowest BCUT2D eigenvalue weighted by molar-refractivity contribution is 0.185. The van der Waals surface area contributed by atoms with Gasteiger partial charge in [0.2, 0.25) is 0 Å². The first kappa shape index (κ1) is 9.57. The number of hydrogen-bond donors (Lipinski definition) is 1. The summed E-state index contributed by atoms with van der Waals surface area (Å²) >= 11 is 0. The monoisotopic (exact) mass is 167 g/mol. The highest BCUT2D eigenvalue weighted by atomic mass is 16.5. The van der Waals surface area contributed by atoms with Crippen LogP contribution >= 0.6 is 0 Å². The van der Waals surface area contributed by atoms with E-state index in [2.05, 4.69) is 18.2 Å². The fourth-order valence-electron chi connectivity index (χ4n) is 1.37. The molecular weight excluding hydrogens is 150 g/mol. The van der Waals surface area contributed by atoms with Crippen molar-refractivity contribution in [1.29, 1.82) is 0 Å². The fourth-order valence-corrected chi connectivity index (χ4v) is 1.37. The second kappa shape index (κ2) is 5.18. The minimum atomic E-state index is 0.241. The van der Waals surface area contributed by atoms with Crippen molar-refractivity contribution >= 4 is 0 Å². The van der Waals surface area contributed by atoms with Gasteiger partial charge in [-0.05, 0) is 18.8 Å². The van der Waals surface area contributed by atoms with Gasteiger partial charge in [0.25, 0.3) is 0 Å². The van der Waals surface area contributed by atoms with Crippen LogP contribution in [0.4, 0.5) is 0 Å². The van der Waals surface area contributed by atoms with Gasteiger partial charge in [-0.15, -0.1) is 6.42 Å². The van der Waals surface area contributed by atoms with E-state index < -0.39 is 0 Å². The van der Waals surface area contributed by atoms with Crippen molar-refractivity contribution in [2.45, 2.75) is 25.8 Å². The number of nitrogens with one attached hydrogen (secondary N) is 1. The highest BCUT2D eigenvalue weighted by Crippen LogP contribution is 2.10. The van der Waals surface area contributed by atoms with Crippen LogP contribution in [0.5, 0.6) is 0 Å². The molecule has 2 heteroatoms. The van der Waals surface area contributed by atoms with Crippen LogP contribution in [0.2, 0.25) is 0 Å². The zero-order valence-corrected chi connectivity index (χ0v) is 7.68. The van der Waals surface area contributed by atoms with Crippen LogP contribution in [0, 0.1) is 18.3 Å². The molecule has 0 bridgehead atoms. The first-order chi connectivity index (χ1) is 5.86. The smallest absolute Gasteiger partial charge is 0.0684 e. The van der Waals surface area contributed by atoms with Gasteiger partial charge in [0.05, 0.1) is 12.6 Å². The SMILES string of the molecule is C#CC(CC)NCC1CCOC1. The van der Waals surface area contributed by atoms with Crippen LogP contribution in [0.1, 0.15) is 19.8 Å². The number of rotatable bonds is 4. The molecule has 1 saturated heterocycles. The Bertz CT molecular complexity index is 156. The molecular formula is C10H17NO. The third-order valence-corrected chi connectivity index (χ3v) is 2.29. The lowest BCUT2D eigenvalue weighted by atomic mass is 10.1. The van der Waals surface area contributed by atoms with Gasteiger partial charge in [0.1, 0.15) is 0 Å². The average molecular weight is 167 g/mol. The van der Waals surface area contributed by atoms with Crippen molar-refractivity contribution in [2.24, 2.45) is 5.92 Å². The summed E-state index contributed by atoms with van der Waals surface area (Å²) in [6.07, 6.45) is 7.50. The Kier molecular flexibility index (Phi) is 4.13. The minimum absolute atomic E-state index is 0.241. The average Bonchev–Trinajstić information content (AvgIpc) is 2.59. The molecule has 0 amide bonds. The maximum atomic E-state index is 5.32. The van der Waals surface area contributed by atoms with Crippen molar-refractivity contribution in [3.8, 4) is 12.3 Å². The summed E-state index contributed by atoms with van der Waals surface area (Å²) in [4.78, 5) is 0. The Morgan fingerprint density at radius 2 is 2.58 bits per heavy atom. The maximum absolute atomic E-state index is 5.32. The van der Waals surface area contributed by atoms with Crippen molar-refractivity contribution in [3.05, 3.63) is 0 Å². The lowest BCUT2D eigenvalue weighted by Crippen LogP contribution is -2.31. The Hall–Kier alpha value is -0.520. The van der Waals surface area contributed by atoms with Crippen molar-refractivity contribution in [3.63, 3.8) is 0 Å². The van der Waals surface area contributed by atoms with E-state index in [9.17, 15) is 0 Å². The highest BCUT2D eigenvalue weighted by molar-refractivity contribution is 4.98. The van der Waals surface area contributed by atoms with Crippen LogP contribution in [-0.4, -0.2) is 25.8 Å². The molecule has 1 aliphatic heterocycles. The fraction of sp³-hybridized carbons (Fsp3) is 0.800. The van der Waals surface area contributed by atoms with E-state index in [1.54, 1.807) is 0 Å². The highest BCUT2D eigenvalue weighted by Gasteiger charge is 2.15. The molecule has 0 radical (unpaired) electrons. The molecule has 1 aliphatic rings. The van der Waals surface area contributed by atoms with E-state index in [0.717, 1.165) is 26.2 Å². The maximum Gasteiger partial charge on any atom is 0.0684 e.